The third-order valence-corrected chi connectivity index (χ3v) is 9.42. The van der Waals surface area contributed by atoms with Gasteiger partial charge in [-0.05, 0) is 68.7 Å². The van der Waals surface area contributed by atoms with Crippen molar-refractivity contribution in [1.29, 1.82) is 0 Å². The Labute approximate surface area is 243 Å². The molecule has 3 aromatic heterocycles. The van der Waals surface area contributed by atoms with Crippen LogP contribution >= 0.6 is 22.9 Å². The molecule has 212 valence electrons. The molecule has 1 atom stereocenters. The minimum absolute atomic E-state index is 0.0420. The number of hydrogen-bond donors (Lipinski definition) is 0. The number of allylic oxidation sites excluding steroid dienone is 2. The summed E-state index contributed by atoms with van der Waals surface area (Å²) in [5.41, 5.74) is 4.35. The van der Waals surface area contributed by atoms with Crippen LogP contribution in [0.15, 0.2) is 77.7 Å². The highest BCUT2D eigenvalue weighted by molar-refractivity contribution is 7.16. The Bertz CT molecular complexity index is 1380. The van der Waals surface area contributed by atoms with Crippen LogP contribution in [0.5, 0.6) is 0 Å². The molecule has 5 nitrogen and oxygen atoms in total. The van der Waals surface area contributed by atoms with Crippen LogP contribution in [-0.4, -0.2) is 41.3 Å². The van der Waals surface area contributed by atoms with Crippen molar-refractivity contribution in [3.05, 3.63) is 93.7 Å². The highest BCUT2D eigenvalue weighted by Gasteiger charge is 2.51. The lowest BCUT2D eigenvalue weighted by atomic mass is 9.84. The van der Waals surface area contributed by atoms with E-state index in [1.807, 2.05) is 31.2 Å². The number of aromatic nitrogens is 2. The Hall–Kier alpha value is -2.65. The fourth-order valence-corrected chi connectivity index (χ4v) is 7.09. The van der Waals surface area contributed by atoms with Gasteiger partial charge in [0.1, 0.15) is 24.2 Å². The number of alkyl halides is 2. The molecule has 1 spiro atoms. The molecule has 0 bridgehead atoms. The summed E-state index contributed by atoms with van der Waals surface area (Å²) in [6, 6.07) is 7.18. The maximum atomic E-state index is 14.5. The van der Waals surface area contributed by atoms with Crippen LogP contribution in [0.2, 0.25) is 4.34 Å². The first-order chi connectivity index (χ1) is 19.2. The molecule has 9 heteroatoms. The summed E-state index contributed by atoms with van der Waals surface area (Å²) in [5, 5.41) is 4.08. The van der Waals surface area contributed by atoms with Gasteiger partial charge < -0.3 is 9.26 Å². The average Bonchev–Trinajstić information content (AvgIpc) is 3.62. The summed E-state index contributed by atoms with van der Waals surface area (Å²) in [4.78, 5) is 7.56. The van der Waals surface area contributed by atoms with Gasteiger partial charge in [0, 0.05) is 47.9 Å². The van der Waals surface area contributed by atoms with Crippen molar-refractivity contribution in [2.24, 2.45) is 5.92 Å². The highest BCUT2D eigenvalue weighted by atomic mass is 35.5. The molecule has 3 aromatic rings. The van der Waals surface area contributed by atoms with Crippen LogP contribution in [0.3, 0.4) is 0 Å². The highest BCUT2D eigenvalue weighted by Crippen LogP contribution is 2.52. The van der Waals surface area contributed by atoms with Crippen LogP contribution in [0.25, 0.3) is 11.3 Å². The van der Waals surface area contributed by atoms with E-state index in [1.165, 1.54) is 23.0 Å². The van der Waals surface area contributed by atoms with Gasteiger partial charge in [0.15, 0.2) is 0 Å². The Morgan fingerprint density at radius 2 is 2.10 bits per heavy atom. The van der Waals surface area contributed by atoms with Crippen molar-refractivity contribution in [2.45, 2.75) is 50.6 Å². The largest absolute Gasteiger partial charge is 0.364 e. The Morgan fingerprint density at radius 1 is 1.30 bits per heavy atom. The van der Waals surface area contributed by atoms with E-state index >= 15 is 0 Å². The summed E-state index contributed by atoms with van der Waals surface area (Å²) in [6.45, 7) is 12.0. The molecular formula is C31H34ClF2N3O2S. The van der Waals surface area contributed by atoms with Crippen LogP contribution in [0, 0.1) is 5.92 Å². The van der Waals surface area contributed by atoms with Gasteiger partial charge in [-0.2, -0.15) is 8.78 Å². The van der Waals surface area contributed by atoms with Crippen molar-refractivity contribution < 1.29 is 18.0 Å². The molecule has 2 aliphatic heterocycles. The van der Waals surface area contributed by atoms with E-state index < -0.39 is 18.1 Å². The van der Waals surface area contributed by atoms with Crippen molar-refractivity contribution in [1.82, 2.24) is 15.0 Å². The number of thiophene rings is 1. The molecule has 0 amide bonds. The standard InChI is InChI=1S/C31H34ClF2N3O2S/c1-4-22(17-27-24(9-6-13-35-27)26-10-16-39-36-26)7-5-8-23(21(2)3)19-37-14-11-30(12-15-37)29-25(18-28(32)40-29)31(33,34)20-38-30/h4,6,8-10,13,16,18,22H,1-2,5,7,11-12,14-15,17,19-20H2,3H3/b23-8-. The summed E-state index contributed by atoms with van der Waals surface area (Å²) < 4.78 is 40.2. The zero-order chi connectivity index (χ0) is 28.3. The Kier molecular flexibility index (Phi) is 8.71. The number of rotatable bonds is 10. The van der Waals surface area contributed by atoms with Gasteiger partial charge in [0.2, 0.25) is 0 Å². The number of piperidine rings is 1. The second-order valence-corrected chi connectivity index (χ2v) is 12.4. The predicted octanol–water partition coefficient (Wildman–Crippen LogP) is 8.19. The molecular weight excluding hydrogens is 552 g/mol. The molecule has 1 saturated heterocycles. The lowest BCUT2D eigenvalue weighted by Gasteiger charge is -2.45. The molecule has 0 radical (unpaired) electrons. The molecule has 5 rings (SSSR count). The smallest absolute Gasteiger partial charge is 0.297 e. The average molecular weight is 586 g/mol. The number of fused-ring (bicyclic) bond motifs is 2. The molecule has 0 aliphatic carbocycles. The van der Waals surface area contributed by atoms with Gasteiger partial charge >= 0.3 is 0 Å². The lowest BCUT2D eigenvalue weighted by molar-refractivity contribution is -0.181. The SMILES string of the molecule is C=CC(CC/C=C(/CN1CCC2(CC1)OCC(F)(F)c1cc(Cl)sc12)C(=C)C)Cc1ncccc1-c1ccon1. The first-order valence-electron chi connectivity index (χ1n) is 13.6. The van der Waals surface area contributed by atoms with E-state index in [1.54, 1.807) is 12.5 Å². The quantitative estimate of drug-likeness (QED) is 0.177. The first-order valence-corrected chi connectivity index (χ1v) is 14.8. The normalized spacial score (nSPS) is 19.4. The number of ether oxygens (including phenoxy) is 1. The molecule has 0 aromatic carbocycles. The van der Waals surface area contributed by atoms with E-state index in [0.717, 1.165) is 61.4 Å². The molecule has 1 fully saturated rings. The topological polar surface area (TPSA) is 51.4 Å². The number of pyridine rings is 1. The fourth-order valence-electron chi connectivity index (χ4n) is 5.61. The minimum atomic E-state index is -2.99. The van der Waals surface area contributed by atoms with Crippen LogP contribution in [0.4, 0.5) is 8.78 Å². The number of halogens is 3. The Morgan fingerprint density at radius 3 is 2.80 bits per heavy atom. The van der Waals surface area contributed by atoms with E-state index in [0.29, 0.717) is 22.1 Å². The number of likely N-dealkylation sites (tertiary alicyclic amines) is 1. The van der Waals surface area contributed by atoms with Gasteiger partial charge in [-0.1, -0.05) is 41.1 Å². The summed E-state index contributed by atoms with van der Waals surface area (Å²) >= 11 is 7.39. The van der Waals surface area contributed by atoms with Crippen molar-refractivity contribution in [3.8, 4) is 11.3 Å². The fraction of sp³-hybridized carbons (Fsp3) is 0.419. The van der Waals surface area contributed by atoms with Gasteiger partial charge in [0.25, 0.3) is 5.92 Å². The zero-order valence-corrected chi connectivity index (χ0v) is 24.2. The minimum Gasteiger partial charge on any atom is -0.364 e. The summed E-state index contributed by atoms with van der Waals surface area (Å²) in [7, 11) is 0. The third-order valence-electron chi connectivity index (χ3n) is 7.97. The van der Waals surface area contributed by atoms with Crippen LogP contribution < -0.4 is 0 Å². The zero-order valence-electron chi connectivity index (χ0n) is 22.7. The van der Waals surface area contributed by atoms with Gasteiger partial charge in [0.05, 0.1) is 10.0 Å². The Balaban J connectivity index is 1.19. The van der Waals surface area contributed by atoms with Gasteiger partial charge in [-0.15, -0.1) is 17.9 Å². The second-order valence-electron chi connectivity index (χ2n) is 10.7. The van der Waals surface area contributed by atoms with Crippen molar-refractivity contribution in [3.63, 3.8) is 0 Å². The summed E-state index contributed by atoms with van der Waals surface area (Å²) in [5.74, 6) is -2.74. The summed E-state index contributed by atoms with van der Waals surface area (Å²) in [6.07, 6.45) is 11.6. The maximum Gasteiger partial charge on any atom is 0.297 e. The van der Waals surface area contributed by atoms with E-state index in [4.69, 9.17) is 20.9 Å². The maximum absolute atomic E-state index is 14.5. The lowest BCUT2D eigenvalue weighted by Crippen LogP contribution is -2.49. The van der Waals surface area contributed by atoms with Crippen molar-refractivity contribution in [2.75, 3.05) is 26.2 Å². The predicted molar refractivity (Wildman–Crippen MR) is 156 cm³/mol. The molecule has 1 unspecified atom stereocenters. The third kappa shape index (κ3) is 6.15. The van der Waals surface area contributed by atoms with Gasteiger partial charge in [-0.3, -0.25) is 9.88 Å². The van der Waals surface area contributed by atoms with Crippen LogP contribution in [0.1, 0.15) is 48.7 Å². The van der Waals surface area contributed by atoms with Crippen molar-refractivity contribution >= 4 is 22.9 Å². The molecule has 5 heterocycles. The second kappa shape index (κ2) is 12.1. The van der Waals surface area contributed by atoms with E-state index in [9.17, 15) is 8.78 Å². The van der Waals surface area contributed by atoms with E-state index in [-0.39, 0.29) is 11.5 Å². The number of hydrogen-bond acceptors (Lipinski definition) is 6. The molecule has 0 N–H and O–H groups in total. The molecule has 2 aliphatic rings. The first kappa shape index (κ1) is 28.9. The molecule has 0 saturated carbocycles. The molecule has 40 heavy (non-hydrogen) atoms. The monoisotopic (exact) mass is 585 g/mol. The number of nitrogens with zero attached hydrogens (tertiary/aromatic N) is 3. The van der Waals surface area contributed by atoms with E-state index in [2.05, 4.69) is 34.3 Å². The van der Waals surface area contributed by atoms with Crippen LogP contribution in [-0.2, 0) is 22.7 Å². The van der Waals surface area contributed by atoms with Gasteiger partial charge in [-0.25, -0.2) is 0 Å².